The van der Waals surface area contributed by atoms with Crippen LogP contribution < -0.4 is 9.46 Å². The number of carbonyl (C=O) groups is 1. The Morgan fingerprint density at radius 3 is 2.30 bits per heavy atom. The molecule has 1 heterocycles. The van der Waals surface area contributed by atoms with E-state index >= 15 is 0 Å². The summed E-state index contributed by atoms with van der Waals surface area (Å²) in [6.07, 6.45) is 0.283. The number of benzene rings is 2. The molecule has 0 unspecified atom stereocenters. The van der Waals surface area contributed by atoms with Gasteiger partial charge in [0.25, 0.3) is 10.0 Å². The summed E-state index contributed by atoms with van der Waals surface area (Å²) in [5.74, 6) is 1.07. The number of nitrogens with one attached hydrogen (secondary N) is 1. The van der Waals surface area contributed by atoms with Crippen molar-refractivity contribution in [2.75, 3.05) is 37.6 Å². The molecule has 1 amide bonds. The minimum atomic E-state index is -3.71. The molecule has 0 radical (unpaired) electrons. The van der Waals surface area contributed by atoms with Gasteiger partial charge >= 0.3 is 0 Å². The second-order valence-electron chi connectivity index (χ2n) is 7.65. The molecule has 1 aliphatic rings. The van der Waals surface area contributed by atoms with Gasteiger partial charge in [0, 0.05) is 18.8 Å². The maximum absolute atomic E-state index is 12.6. The van der Waals surface area contributed by atoms with Crippen molar-refractivity contribution in [1.29, 1.82) is 0 Å². The molecule has 0 atom stereocenters. The van der Waals surface area contributed by atoms with Gasteiger partial charge in [-0.15, -0.1) is 0 Å². The van der Waals surface area contributed by atoms with E-state index in [0.717, 1.165) is 5.56 Å². The van der Waals surface area contributed by atoms with Gasteiger partial charge in [0.2, 0.25) is 5.91 Å². The minimum Gasteiger partial charge on any atom is -0.493 e. The summed E-state index contributed by atoms with van der Waals surface area (Å²) >= 11 is 0. The van der Waals surface area contributed by atoms with E-state index in [1.807, 2.05) is 13.8 Å². The summed E-state index contributed by atoms with van der Waals surface area (Å²) in [6.45, 7) is 7.02. The molecule has 1 aliphatic heterocycles. The van der Waals surface area contributed by atoms with Crippen LogP contribution in [0.4, 0.5) is 5.69 Å². The molecular weight excluding hydrogens is 404 g/mol. The highest BCUT2D eigenvalue weighted by molar-refractivity contribution is 7.92. The predicted molar refractivity (Wildman–Crippen MR) is 115 cm³/mol. The Kier molecular flexibility index (Phi) is 7.33. The Labute approximate surface area is 178 Å². The number of hydrogen-bond acceptors (Lipinski definition) is 5. The van der Waals surface area contributed by atoms with Crippen molar-refractivity contribution in [2.24, 2.45) is 5.92 Å². The van der Waals surface area contributed by atoms with Gasteiger partial charge in [0.05, 0.1) is 31.1 Å². The van der Waals surface area contributed by atoms with Crippen LogP contribution in [0.5, 0.6) is 5.75 Å². The lowest BCUT2D eigenvalue weighted by Gasteiger charge is -2.26. The van der Waals surface area contributed by atoms with Crippen molar-refractivity contribution >= 4 is 21.6 Å². The topological polar surface area (TPSA) is 84.9 Å². The number of ether oxygens (including phenoxy) is 2. The summed E-state index contributed by atoms with van der Waals surface area (Å²) in [5.41, 5.74) is 1.28. The highest BCUT2D eigenvalue weighted by Gasteiger charge is 2.18. The average molecular weight is 433 g/mol. The molecule has 2 aromatic carbocycles. The molecule has 3 rings (SSSR count). The SMILES string of the molecule is CC(C)COc1ccc(S(=O)(=O)Nc2ccc(CC(=O)N3CCOCC3)cc2)cc1. The van der Waals surface area contributed by atoms with E-state index in [1.165, 1.54) is 12.1 Å². The molecule has 1 fully saturated rings. The molecule has 1 saturated heterocycles. The molecule has 7 nitrogen and oxygen atoms in total. The van der Waals surface area contributed by atoms with Crippen LogP contribution in [0.25, 0.3) is 0 Å². The first-order chi connectivity index (χ1) is 14.3. The van der Waals surface area contributed by atoms with Gasteiger partial charge in [-0.2, -0.15) is 0 Å². The zero-order valence-corrected chi connectivity index (χ0v) is 18.2. The van der Waals surface area contributed by atoms with E-state index in [-0.39, 0.29) is 17.2 Å². The van der Waals surface area contributed by atoms with Gasteiger partial charge in [0.1, 0.15) is 5.75 Å². The molecule has 1 N–H and O–H groups in total. The fourth-order valence-corrected chi connectivity index (χ4v) is 4.04. The highest BCUT2D eigenvalue weighted by atomic mass is 32.2. The zero-order chi connectivity index (χ0) is 21.6. The second kappa shape index (κ2) is 9.95. The number of carbonyl (C=O) groups excluding carboxylic acids is 1. The number of nitrogens with zero attached hydrogens (tertiary/aromatic N) is 1. The van der Waals surface area contributed by atoms with Gasteiger partial charge in [0.15, 0.2) is 0 Å². The van der Waals surface area contributed by atoms with Crippen LogP contribution in [0.2, 0.25) is 0 Å². The third-order valence-corrected chi connectivity index (χ3v) is 6.04. The van der Waals surface area contributed by atoms with Crippen LogP contribution in [0, 0.1) is 5.92 Å². The van der Waals surface area contributed by atoms with Gasteiger partial charge in [-0.1, -0.05) is 26.0 Å². The van der Waals surface area contributed by atoms with Crippen LogP contribution >= 0.6 is 0 Å². The summed E-state index contributed by atoms with van der Waals surface area (Å²) in [7, 11) is -3.71. The fourth-order valence-electron chi connectivity index (χ4n) is 2.98. The number of rotatable bonds is 8. The molecular formula is C22H28N2O5S. The van der Waals surface area contributed by atoms with Crippen LogP contribution in [0.1, 0.15) is 19.4 Å². The summed E-state index contributed by atoms with van der Waals surface area (Å²) in [6, 6.07) is 13.2. The van der Waals surface area contributed by atoms with Gasteiger partial charge < -0.3 is 14.4 Å². The highest BCUT2D eigenvalue weighted by Crippen LogP contribution is 2.20. The maximum atomic E-state index is 12.6. The minimum absolute atomic E-state index is 0.0476. The maximum Gasteiger partial charge on any atom is 0.261 e. The van der Waals surface area contributed by atoms with E-state index in [0.29, 0.717) is 50.3 Å². The van der Waals surface area contributed by atoms with Crippen LogP contribution in [-0.4, -0.2) is 52.1 Å². The lowest BCUT2D eigenvalue weighted by molar-refractivity contribution is -0.134. The molecule has 8 heteroatoms. The molecule has 0 aromatic heterocycles. The number of morpholine rings is 1. The van der Waals surface area contributed by atoms with E-state index in [9.17, 15) is 13.2 Å². The Balaban J connectivity index is 1.59. The molecule has 0 saturated carbocycles. The molecule has 0 bridgehead atoms. The van der Waals surface area contributed by atoms with Gasteiger partial charge in [-0.3, -0.25) is 9.52 Å². The molecule has 0 aliphatic carbocycles. The summed E-state index contributed by atoms with van der Waals surface area (Å²) in [4.78, 5) is 14.3. The molecule has 2 aromatic rings. The summed E-state index contributed by atoms with van der Waals surface area (Å²) < 4.78 is 38.7. The monoisotopic (exact) mass is 432 g/mol. The summed E-state index contributed by atoms with van der Waals surface area (Å²) in [5, 5.41) is 0. The molecule has 0 spiro atoms. The fraction of sp³-hybridized carbons (Fsp3) is 0.409. The Morgan fingerprint density at radius 2 is 1.70 bits per heavy atom. The number of sulfonamides is 1. The van der Waals surface area contributed by atoms with E-state index in [2.05, 4.69) is 4.72 Å². The second-order valence-corrected chi connectivity index (χ2v) is 9.33. The van der Waals surface area contributed by atoms with Crippen molar-refractivity contribution in [1.82, 2.24) is 4.90 Å². The average Bonchev–Trinajstić information content (AvgIpc) is 2.74. The first-order valence-corrected chi connectivity index (χ1v) is 11.5. The lowest BCUT2D eigenvalue weighted by Crippen LogP contribution is -2.41. The van der Waals surface area contributed by atoms with Crippen LogP contribution in [-0.2, 0) is 26.0 Å². The van der Waals surface area contributed by atoms with Gasteiger partial charge in [-0.25, -0.2) is 8.42 Å². The zero-order valence-electron chi connectivity index (χ0n) is 17.3. The van der Waals surface area contributed by atoms with Gasteiger partial charge in [-0.05, 0) is 47.9 Å². The number of anilines is 1. The van der Waals surface area contributed by atoms with Crippen molar-refractivity contribution < 1.29 is 22.7 Å². The first-order valence-electron chi connectivity index (χ1n) is 10.0. The molecule has 162 valence electrons. The van der Waals surface area contributed by atoms with Crippen molar-refractivity contribution in [3.63, 3.8) is 0 Å². The Bertz CT molecular complexity index is 934. The largest absolute Gasteiger partial charge is 0.493 e. The predicted octanol–water partition coefficient (Wildman–Crippen LogP) is 2.92. The van der Waals surface area contributed by atoms with Crippen molar-refractivity contribution in [2.45, 2.75) is 25.2 Å². The number of hydrogen-bond donors (Lipinski definition) is 1. The molecule has 30 heavy (non-hydrogen) atoms. The Hall–Kier alpha value is -2.58. The standard InChI is InChI=1S/C22H28N2O5S/c1-17(2)16-29-20-7-9-21(10-8-20)30(26,27)23-19-5-3-18(4-6-19)15-22(25)24-11-13-28-14-12-24/h3-10,17,23H,11-16H2,1-2H3. The first kappa shape index (κ1) is 22.1. The third-order valence-electron chi connectivity index (χ3n) is 4.64. The van der Waals surface area contributed by atoms with E-state index < -0.39 is 10.0 Å². The number of amides is 1. The lowest BCUT2D eigenvalue weighted by atomic mass is 10.1. The smallest absolute Gasteiger partial charge is 0.261 e. The quantitative estimate of drug-likeness (QED) is 0.693. The normalized spacial score (nSPS) is 14.6. The van der Waals surface area contributed by atoms with Crippen LogP contribution in [0.15, 0.2) is 53.4 Å². The third kappa shape index (κ3) is 6.21. The van der Waals surface area contributed by atoms with E-state index in [4.69, 9.17) is 9.47 Å². The van der Waals surface area contributed by atoms with E-state index in [1.54, 1.807) is 41.3 Å². The van der Waals surface area contributed by atoms with Crippen molar-refractivity contribution in [3.8, 4) is 5.75 Å². The Morgan fingerprint density at radius 1 is 1.07 bits per heavy atom. The van der Waals surface area contributed by atoms with Crippen molar-refractivity contribution in [3.05, 3.63) is 54.1 Å². The van der Waals surface area contributed by atoms with Crippen LogP contribution in [0.3, 0.4) is 0 Å².